The highest BCUT2D eigenvalue weighted by atomic mass is 32.2. The molecule has 0 fully saturated rings. The number of aromatic amines is 1. The molecule has 38 heavy (non-hydrogen) atoms. The fraction of sp³-hybridized carbons (Fsp3) is 0.222. The van der Waals surface area contributed by atoms with Gasteiger partial charge in [-0.1, -0.05) is 24.3 Å². The molecular formula is C27H28N4O6S. The lowest BCUT2D eigenvalue weighted by Gasteiger charge is -2.23. The van der Waals surface area contributed by atoms with Gasteiger partial charge in [-0.15, -0.1) is 0 Å². The maximum absolute atomic E-state index is 12.4. The largest absolute Gasteiger partial charge is 0.478 e. The number of amides is 2. The number of anilines is 1. The molecule has 1 aromatic heterocycles. The number of nitrogens with zero attached hydrogens (tertiary/aromatic N) is 1. The average molecular weight is 537 g/mol. The van der Waals surface area contributed by atoms with E-state index in [9.17, 15) is 22.8 Å². The Kier molecular flexibility index (Phi) is 7.25. The molecule has 0 atom stereocenters. The van der Waals surface area contributed by atoms with Gasteiger partial charge in [0.15, 0.2) is 0 Å². The van der Waals surface area contributed by atoms with Crippen LogP contribution in [0.4, 0.5) is 5.69 Å². The summed E-state index contributed by atoms with van der Waals surface area (Å²) in [5, 5.41) is 12.5. The van der Waals surface area contributed by atoms with Gasteiger partial charge in [0.2, 0.25) is 15.9 Å². The summed E-state index contributed by atoms with van der Waals surface area (Å²) in [6.07, 6.45) is 4.57. The van der Waals surface area contributed by atoms with E-state index in [1.54, 1.807) is 24.3 Å². The molecule has 0 saturated heterocycles. The van der Waals surface area contributed by atoms with Gasteiger partial charge in [0, 0.05) is 41.5 Å². The number of rotatable bonds is 7. The molecule has 198 valence electrons. The number of aliphatic carboxylic acids is 1. The number of sulfonamides is 1. The number of carbonyl (C=O) groups excluding carboxylic acids is 2. The lowest BCUT2D eigenvalue weighted by Crippen LogP contribution is -2.33. The van der Waals surface area contributed by atoms with E-state index in [-0.39, 0.29) is 12.1 Å². The van der Waals surface area contributed by atoms with E-state index in [1.807, 2.05) is 25.1 Å². The molecule has 0 unspecified atom stereocenters. The van der Waals surface area contributed by atoms with Gasteiger partial charge in [-0.05, 0) is 60.7 Å². The van der Waals surface area contributed by atoms with Crippen LogP contribution in [0, 0.1) is 6.92 Å². The second-order valence-electron chi connectivity index (χ2n) is 9.20. The average Bonchev–Trinajstić information content (AvgIpc) is 3.29. The molecule has 5 N–H and O–H groups in total. The van der Waals surface area contributed by atoms with E-state index < -0.39 is 27.8 Å². The second-order valence-corrected chi connectivity index (χ2v) is 11.2. The van der Waals surface area contributed by atoms with E-state index in [0.29, 0.717) is 29.7 Å². The second kappa shape index (κ2) is 10.3. The van der Waals surface area contributed by atoms with E-state index in [0.717, 1.165) is 39.4 Å². The summed E-state index contributed by atoms with van der Waals surface area (Å²) in [5.41, 5.74) is 11.0. The van der Waals surface area contributed by atoms with Crippen LogP contribution in [0.5, 0.6) is 0 Å². The molecule has 0 saturated carbocycles. The van der Waals surface area contributed by atoms with Gasteiger partial charge >= 0.3 is 5.97 Å². The smallest absolute Gasteiger partial charge is 0.331 e. The summed E-state index contributed by atoms with van der Waals surface area (Å²) in [6.45, 7) is 3.79. The number of carbonyl (C=O) groups is 3. The van der Waals surface area contributed by atoms with Gasteiger partial charge < -0.3 is 21.1 Å². The Bertz CT molecular complexity index is 1650. The first-order valence-corrected chi connectivity index (χ1v) is 13.6. The number of nitrogens with two attached hydrogens (primary N) is 1. The topological polar surface area (TPSA) is 163 Å². The third kappa shape index (κ3) is 5.38. The summed E-state index contributed by atoms with van der Waals surface area (Å²) in [7, 11) is -3.29. The molecule has 1 aliphatic heterocycles. The van der Waals surface area contributed by atoms with Crippen molar-refractivity contribution in [3.63, 3.8) is 0 Å². The number of aromatic nitrogens is 1. The number of H-pyrrole nitrogens is 1. The molecular weight excluding hydrogens is 508 g/mol. The van der Waals surface area contributed by atoms with Crippen LogP contribution in [0.25, 0.3) is 27.6 Å². The number of hydrogen-bond donors (Lipinski definition) is 4. The van der Waals surface area contributed by atoms with E-state index in [2.05, 4.69) is 10.3 Å². The van der Waals surface area contributed by atoms with Crippen molar-refractivity contribution in [1.82, 2.24) is 9.29 Å². The zero-order valence-electron chi connectivity index (χ0n) is 21.2. The monoisotopic (exact) mass is 536 g/mol. The lowest BCUT2D eigenvalue weighted by molar-refractivity contribution is -0.132. The molecule has 11 heteroatoms. The third-order valence-electron chi connectivity index (χ3n) is 6.61. The predicted octanol–water partition coefficient (Wildman–Crippen LogP) is 3.26. The summed E-state index contributed by atoms with van der Waals surface area (Å²) in [5.74, 6) is -2.33. The van der Waals surface area contributed by atoms with Crippen molar-refractivity contribution in [2.45, 2.75) is 20.3 Å². The molecule has 2 aromatic carbocycles. The zero-order valence-corrected chi connectivity index (χ0v) is 22.0. The fourth-order valence-corrected chi connectivity index (χ4v) is 5.29. The Morgan fingerprint density at radius 3 is 2.50 bits per heavy atom. The quantitative estimate of drug-likeness (QED) is 0.339. The van der Waals surface area contributed by atoms with Crippen molar-refractivity contribution in [1.29, 1.82) is 0 Å². The molecule has 2 amide bonds. The highest BCUT2D eigenvalue weighted by Crippen LogP contribution is 2.37. The van der Waals surface area contributed by atoms with E-state index in [1.165, 1.54) is 17.5 Å². The molecule has 0 bridgehead atoms. The van der Waals surface area contributed by atoms with E-state index >= 15 is 0 Å². The number of primary amides is 1. The summed E-state index contributed by atoms with van der Waals surface area (Å²) >= 11 is 0. The minimum Gasteiger partial charge on any atom is -0.478 e. The molecule has 3 aromatic rings. The van der Waals surface area contributed by atoms with Crippen LogP contribution in [0.2, 0.25) is 0 Å². The van der Waals surface area contributed by atoms with Crippen LogP contribution >= 0.6 is 0 Å². The van der Waals surface area contributed by atoms with Gasteiger partial charge in [0.05, 0.1) is 17.3 Å². The first-order chi connectivity index (χ1) is 17.9. The zero-order chi connectivity index (χ0) is 27.8. The molecule has 4 rings (SSSR count). The molecule has 2 heterocycles. The van der Waals surface area contributed by atoms with Crippen LogP contribution in [0.1, 0.15) is 35.0 Å². The van der Waals surface area contributed by atoms with Gasteiger partial charge in [-0.25, -0.2) is 13.2 Å². The van der Waals surface area contributed by atoms with E-state index in [4.69, 9.17) is 10.8 Å². The van der Waals surface area contributed by atoms with Crippen molar-refractivity contribution in [2.75, 3.05) is 24.7 Å². The number of nitrogens with one attached hydrogen (secondary N) is 2. The number of fused-ring (bicyclic) bond motifs is 1. The number of carboxylic acids is 1. The van der Waals surface area contributed by atoms with Crippen molar-refractivity contribution in [3.8, 4) is 11.1 Å². The summed E-state index contributed by atoms with van der Waals surface area (Å²) in [4.78, 5) is 38.9. The lowest BCUT2D eigenvalue weighted by atomic mass is 9.94. The fourth-order valence-electron chi connectivity index (χ4n) is 4.52. The minimum absolute atomic E-state index is 0.0865. The first-order valence-electron chi connectivity index (χ1n) is 11.8. The van der Waals surface area contributed by atoms with Crippen LogP contribution in [-0.2, 0) is 19.6 Å². The van der Waals surface area contributed by atoms with Crippen molar-refractivity contribution < 1.29 is 27.9 Å². The van der Waals surface area contributed by atoms with Crippen LogP contribution < -0.4 is 11.1 Å². The molecule has 0 spiro atoms. The third-order valence-corrected chi connectivity index (χ3v) is 7.88. The highest BCUT2D eigenvalue weighted by molar-refractivity contribution is 7.88. The van der Waals surface area contributed by atoms with Crippen LogP contribution in [-0.4, -0.2) is 59.9 Å². The molecule has 1 aliphatic rings. The number of benzene rings is 2. The normalized spacial score (nSPS) is 14.8. The van der Waals surface area contributed by atoms with Gasteiger partial charge in [0.1, 0.15) is 0 Å². The Morgan fingerprint density at radius 2 is 1.89 bits per heavy atom. The Morgan fingerprint density at radius 1 is 1.16 bits per heavy atom. The van der Waals surface area contributed by atoms with Gasteiger partial charge in [0.25, 0.3) is 5.91 Å². The van der Waals surface area contributed by atoms with Crippen LogP contribution in [0.15, 0.2) is 54.1 Å². The molecule has 10 nitrogen and oxygen atoms in total. The Labute approximate surface area is 219 Å². The summed E-state index contributed by atoms with van der Waals surface area (Å²) in [6, 6.07) is 10.7. The maximum Gasteiger partial charge on any atom is 0.331 e. The number of carboxylic acid groups (broad SMARTS) is 1. The van der Waals surface area contributed by atoms with Gasteiger partial charge in [-0.3, -0.25) is 9.59 Å². The standard InChI is InChI=1S/C27H28N4O6S/c1-15(27(34)35)13-24(32)29-22-6-4-5-18(16(22)2)19-7-8-20(26(28)33)25-21(19)14-23(30-25)17-9-11-31(12-10-17)38(3,36)37/h4-9,13-14,30H,10-12H2,1-3H3,(H2,28,33)(H,29,32)(H,34,35). The number of hydrogen-bond acceptors (Lipinski definition) is 5. The minimum atomic E-state index is -3.29. The van der Waals surface area contributed by atoms with Crippen molar-refractivity contribution >= 4 is 50.0 Å². The van der Waals surface area contributed by atoms with Crippen LogP contribution in [0.3, 0.4) is 0 Å². The SMILES string of the molecule is CC(=CC(=O)Nc1cccc(-c2ccc(C(N)=O)c3[nH]c(C4=CCN(S(C)(=O)=O)CC4)cc23)c1C)C(=O)O. The Balaban J connectivity index is 1.78. The predicted molar refractivity (Wildman–Crippen MR) is 146 cm³/mol. The molecule has 0 aliphatic carbocycles. The molecule has 0 radical (unpaired) electrons. The van der Waals surface area contributed by atoms with Crippen molar-refractivity contribution in [3.05, 3.63) is 70.9 Å². The Hall–Kier alpha value is -4.22. The highest BCUT2D eigenvalue weighted by Gasteiger charge is 2.23. The first kappa shape index (κ1) is 26.8. The van der Waals surface area contributed by atoms with Gasteiger partial charge in [-0.2, -0.15) is 4.31 Å². The summed E-state index contributed by atoms with van der Waals surface area (Å²) < 4.78 is 25.2. The maximum atomic E-state index is 12.4. The van der Waals surface area contributed by atoms with Crippen molar-refractivity contribution in [2.24, 2.45) is 5.73 Å².